The van der Waals surface area contributed by atoms with E-state index in [-0.39, 0.29) is 12.0 Å². The Morgan fingerprint density at radius 1 is 0.828 bits per heavy atom. The fraction of sp³-hybridized carbons (Fsp3) is 0.130. The van der Waals surface area contributed by atoms with E-state index in [0.717, 1.165) is 23.3 Å². The van der Waals surface area contributed by atoms with Crippen LogP contribution in [0.25, 0.3) is 0 Å². The number of carbonyl (C=O) groups excluding carboxylic acids is 1. The Hall–Kier alpha value is -3.54. The first-order chi connectivity index (χ1) is 13.9. The van der Waals surface area contributed by atoms with E-state index in [2.05, 4.69) is 5.32 Å². The molecule has 2 N–H and O–H groups in total. The maximum atomic E-state index is 13.4. The Labute approximate surface area is 166 Å². The topological polar surface area (TPSA) is 66.4 Å². The van der Waals surface area contributed by atoms with Crippen LogP contribution in [0.2, 0.25) is 0 Å². The number of carbonyl (C=O) groups is 2. The average Bonchev–Trinajstić information content (AvgIpc) is 2.68. The van der Waals surface area contributed by atoms with Crippen molar-refractivity contribution in [1.82, 2.24) is 5.32 Å². The molecule has 0 aliphatic carbocycles. The molecule has 0 bridgehead atoms. The van der Waals surface area contributed by atoms with E-state index in [9.17, 15) is 23.5 Å². The van der Waals surface area contributed by atoms with Crippen LogP contribution in [0.15, 0.2) is 78.9 Å². The lowest BCUT2D eigenvalue weighted by atomic mass is 9.85. The van der Waals surface area contributed by atoms with Gasteiger partial charge in [-0.3, -0.25) is 4.79 Å². The molecule has 3 rings (SSSR count). The zero-order valence-electron chi connectivity index (χ0n) is 15.4. The molecule has 0 aliphatic rings. The molecule has 0 fully saturated rings. The van der Waals surface area contributed by atoms with Crippen molar-refractivity contribution in [3.8, 4) is 0 Å². The van der Waals surface area contributed by atoms with Crippen LogP contribution in [-0.2, 0) is 16.0 Å². The number of amides is 1. The smallest absolute Gasteiger partial charge is 0.327 e. The van der Waals surface area contributed by atoms with Crippen LogP contribution in [0, 0.1) is 11.6 Å². The second kappa shape index (κ2) is 9.10. The SMILES string of the molecule is O=C(Cc1cc(F)cc(F)c1)N[C@H](C(=O)O)C(c1ccccc1)c1ccccc1. The van der Waals surface area contributed by atoms with Crippen LogP contribution in [0.5, 0.6) is 0 Å². The lowest BCUT2D eigenvalue weighted by Crippen LogP contribution is -2.46. The number of nitrogens with one attached hydrogen (secondary N) is 1. The highest BCUT2D eigenvalue weighted by atomic mass is 19.1. The van der Waals surface area contributed by atoms with Gasteiger partial charge < -0.3 is 10.4 Å². The highest BCUT2D eigenvalue weighted by Crippen LogP contribution is 2.28. The number of benzene rings is 3. The lowest BCUT2D eigenvalue weighted by molar-refractivity contribution is -0.142. The molecule has 0 heterocycles. The minimum absolute atomic E-state index is 0.125. The number of carboxylic acid groups (broad SMARTS) is 1. The largest absolute Gasteiger partial charge is 0.480 e. The van der Waals surface area contributed by atoms with Crippen LogP contribution >= 0.6 is 0 Å². The van der Waals surface area contributed by atoms with Crippen molar-refractivity contribution >= 4 is 11.9 Å². The zero-order valence-corrected chi connectivity index (χ0v) is 15.4. The van der Waals surface area contributed by atoms with Crippen molar-refractivity contribution in [2.75, 3.05) is 0 Å². The van der Waals surface area contributed by atoms with Gasteiger partial charge in [0, 0.05) is 12.0 Å². The Kier molecular flexibility index (Phi) is 6.34. The summed E-state index contributed by atoms with van der Waals surface area (Å²) in [7, 11) is 0. The first kappa shape index (κ1) is 20.2. The van der Waals surface area contributed by atoms with E-state index in [1.807, 2.05) is 12.1 Å². The summed E-state index contributed by atoms with van der Waals surface area (Å²) in [5.41, 5.74) is 1.58. The van der Waals surface area contributed by atoms with Gasteiger partial charge in [-0.1, -0.05) is 60.7 Å². The Morgan fingerprint density at radius 3 is 1.76 bits per heavy atom. The summed E-state index contributed by atoms with van der Waals surface area (Å²) < 4.78 is 26.7. The number of rotatable bonds is 7. The third-order valence-corrected chi connectivity index (χ3v) is 4.52. The minimum Gasteiger partial charge on any atom is -0.480 e. The van der Waals surface area contributed by atoms with Crippen molar-refractivity contribution in [1.29, 1.82) is 0 Å². The Morgan fingerprint density at radius 2 is 1.31 bits per heavy atom. The maximum Gasteiger partial charge on any atom is 0.327 e. The molecule has 0 spiro atoms. The van der Waals surface area contributed by atoms with Gasteiger partial charge in [0.05, 0.1) is 6.42 Å². The molecular weight excluding hydrogens is 376 g/mol. The number of hydrogen-bond acceptors (Lipinski definition) is 2. The molecule has 0 saturated heterocycles. The molecular formula is C23H19F2NO3. The van der Waals surface area contributed by atoms with Crippen LogP contribution in [0.1, 0.15) is 22.6 Å². The van der Waals surface area contributed by atoms with E-state index >= 15 is 0 Å². The summed E-state index contributed by atoms with van der Waals surface area (Å²) in [4.78, 5) is 24.5. The summed E-state index contributed by atoms with van der Waals surface area (Å²) in [6.45, 7) is 0. The fourth-order valence-corrected chi connectivity index (χ4v) is 3.31. The molecule has 0 radical (unpaired) electrons. The minimum atomic E-state index is -1.26. The molecule has 1 amide bonds. The van der Waals surface area contributed by atoms with Gasteiger partial charge in [0.25, 0.3) is 0 Å². The van der Waals surface area contributed by atoms with Crippen LogP contribution < -0.4 is 5.32 Å². The first-order valence-corrected chi connectivity index (χ1v) is 9.01. The summed E-state index contributed by atoms with van der Waals surface area (Å²) in [6.07, 6.45) is -0.339. The third-order valence-electron chi connectivity index (χ3n) is 4.52. The molecule has 148 valence electrons. The standard InChI is InChI=1S/C23H19F2NO3/c24-18-11-15(12-19(25)14-18)13-20(27)26-22(23(28)29)21(16-7-3-1-4-8-16)17-9-5-2-6-10-17/h1-12,14,21-22H,13H2,(H,26,27)(H,28,29)/t22-/m0/s1. The summed E-state index contributed by atoms with van der Waals surface area (Å²) in [5, 5.41) is 12.4. The van der Waals surface area contributed by atoms with E-state index in [4.69, 9.17) is 0 Å². The predicted molar refractivity (Wildman–Crippen MR) is 104 cm³/mol. The van der Waals surface area contributed by atoms with E-state index in [1.54, 1.807) is 48.5 Å². The number of halogens is 2. The fourth-order valence-electron chi connectivity index (χ4n) is 3.31. The van der Waals surface area contributed by atoms with E-state index < -0.39 is 35.5 Å². The van der Waals surface area contributed by atoms with Crippen molar-refractivity contribution in [3.63, 3.8) is 0 Å². The van der Waals surface area contributed by atoms with Crippen LogP contribution in [-0.4, -0.2) is 23.0 Å². The molecule has 4 nitrogen and oxygen atoms in total. The predicted octanol–water partition coefficient (Wildman–Crippen LogP) is 3.91. The summed E-state index contributed by atoms with van der Waals surface area (Å²) in [6, 6.07) is 19.5. The van der Waals surface area contributed by atoms with Gasteiger partial charge >= 0.3 is 5.97 Å². The number of carboxylic acids is 1. The highest BCUT2D eigenvalue weighted by molar-refractivity contribution is 5.86. The maximum absolute atomic E-state index is 13.4. The summed E-state index contributed by atoms with van der Waals surface area (Å²) >= 11 is 0. The Bertz CT molecular complexity index is 934. The van der Waals surface area contributed by atoms with Crippen LogP contribution in [0.3, 0.4) is 0 Å². The van der Waals surface area contributed by atoms with Gasteiger partial charge in [0.1, 0.15) is 17.7 Å². The van der Waals surface area contributed by atoms with Crippen molar-refractivity contribution in [2.45, 2.75) is 18.4 Å². The van der Waals surface area contributed by atoms with Crippen molar-refractivity contribution < 1.29 is 23.5 Å². The van der Waals surface area contributed by atoms with Crippen LogP contribution in [0.4, 0.5) is 8.78 Å². The lowest BCUT2D eigenvalue weighted by Gasteiger charge is -2.26. The van der Waals surface area contributed by atoms with Gasteiger partial charge in [-0.2, -0.15) is 0 Å². The van der Waals surface area contributed by atoms with E-state index in [1.165, 1.54) is 0 Å². The molecule has 1 atom stereocenters. The second-order valence-electron chi connectivity index (χ2n) is 6.64. The number of hydrogen-bond donors (Lipinski definition) is 2. The molecule has 29 heavy (non-hydrogen) atoms. The van der Waals surface area contributed by atoms with Gasteiger partial charge in [-0.05, 0) is 28.8 Å². The van der Waals surface area contributed by atoms with Gasteiger partial charge in [0.15, 0.2) is 0 Å². The van der Waals surface area contributed by atoms with Gasteiger partial charge in [0.2, 0.25) is 5.91 Å². The number of aliphatic carboxylic acids is 1. The van der Waals surface area contributed by atoms with Crippen molar-refractivity contribution in [2.24, 2.45) is 0 Å². The molecule has 3 aromatic rings. The van der Waals surface area contributed by atoms with E-state index in [0.29, 0.717) is 6.07 Å². The third kappa shape index (κ3) is 5.25. The molecule has 0 aliphatic heterocycles. The summed E-state index contributed by atoms with van der Waals surface area (Å²) in [5.74, 6) is -4.08. The zero-order chi connectivity index (χ0) is 20.8. The van der Waals surface area contributed by atoms with Crippen molar-refractivity contribution in [3.05, 3.63) is 107 Å². The average molecular weight is 395 g/mol. The quantitative estimate of drug-likeness (QED) is 0.638. The van der Waals surface area contributed by atoms with Gasteiger partial charge in [-0.15, -0.1) is 0 Å². The normalized spacial score (nSPS) is 11.8. The molecule has 0 aromatic heterocycles. The second-order valence-corrected chi connectivity index (χ2v) is 6.64. The Balaban J connectivity index is 1.89. The highest BCUT2D eigenvalue weighted by Gasteiger charge is 2.32. The monoisotopic (exact) mass is 395 g/mol. The molecule has 3 aromatic carbocycles. The first-order valence-electron chi connectivity index (χ1n) is 9.01. The molecule has 0 unspecified atom stereocenters. The molecule has 6 heteroatoms. The molecule has 0 saturated carbocycles. The van der Waals surface area contributed by atoms with Gasteiger partial charge in [-0.25, -0.2) is 13.6 Å².